The number of hydrogen-bond donors (Lipinski definition) is 2. The van der Waals surface area contributed by atoms with E-state index in [0.717, 1.165) is 33.7 Å². The minimum absolute atomic E-state index is 0.241. The van der Waals surface area contributed by atoms with Crippen molar-refractivity contribution in [2.24, 2.45) is 0 Å². The second kappa shape index (κ2) is 4.81. The van der Waals surface area contributed by atoms with Crippen molar-refractivity contribution in [3.63, 3.8) is 0 Å². The van der Waals surface area contributed by atoms with Crippen LogP contribution in [0.5, 0.6) is 0 Å². The predicted octanol–water partition coefficient (Wildman–Crippen LogP) is 4.01. The van der Waals surface area contributed by atoms with Gasteiger partial charge in [-0.3, -0.25) is 0 Å². The second-order valence-electron chi connectivity index (χ2n) is 4.73. The molecular weight excluding hydrogens is 253 g/mol. The zero-order chi connectivity index (χ0) is 14.1. The zero-order valence-electron chi connectivity index (χ0n) is 11.0. The van der Waals surface area contributed by atoms with E-state index in [1.54, 1.807) is 6.07 Å². The van der Waals surface area contributed by atoms with E-state index in [4.69, 9.17) is 5.73 Å². The molecule has 1 aromatic heterocycles. The van der Waals surface area contributed by atoms with E-state index < -0.39 is 0 Å². The summed E-state index contributed by atoms with van der Waals surface area (Å²) >= 11 is 0. The number of benzene rings is 2. The van der Waals surface area contributed by atoms with Crippen LogP contribution in [-0.4, -0.2) is 4.98 Å². The van der Waals surface area contributed by atoms with Crippen LogP contribution in [0.1, 0.15) is 5.56 Å². The summed E-state index contributed by atoms with van der Waals surface area (Å²) in [7, 11) is 0. The van der Waals surface area contributed by atoms with Crippen molar-refractivity contribution in [3.8, 4) is 0 Å². The molecule has 0 atom stereocenters. The lowest BCUT2D eigenvalue weighted by Crippen LogP contribution is -1.96. The summed E-state index contributed by atoms with van der Waals surface area (Å²) in [5.41, 5.74) is 9.00. The highest BCUT2D eigenvalue weighted by molar-refractivity contribution is 5.83. The number of hydrogen-bond acceptors (Lipinski definition) is 3. The largest absolute Gasteiger partial charge is 0.399 e. The molecule has 0 radical (unpaired) electrons. The van der Waals surface area contributed by atoms with Gasteiger partial charge in [-0.2, -0.15) is 0 Å². The molecule has 3 aromatic rings. The number of pyridine rings is 1. The number of nitrogens with one attached hydrogen (secondary N) is 1. The van der Waals surface area contributed by atoms with E-state index in [-0.39, 0.29) is 5.82 Å². The van der Waals surface area contributed by atoms with Gasteiger partial charge in [0.25, 0.3) is 0 Å². The maximum Gasteiger partial charge on any atom is 0.131 e. The lowest BCUT2D eigenvalue weighted by atomic mass is 10.2. The summed E-state index contributed by atoms with van der Waals surface area (Å²) in [6.45, 7) is 1.85. The van der Waals surface area contributed by atoms with Gasteiger partial charge in [0.15, 0.2) is 0 Å². The molecule has 0 aliphatic carbocycles. The zero-order valence-corrected chi connectivity index (χ0v) is 11.0. The minimum atomic E-state index is -0.241. The van der Waals surface area contributed by atoms with Crippen molar-refractivity contribution in [3.05, 3.63) is 59.9 Å². The third kappa shape index (κ3) is 2.40. The first-order valence-corrected chi connectivity index (χ1v) is 6.31. The van der Waals surface area contributed by atoms with Crippen LogP contribution in [-0.2, 0) is 0 Å². The van der Waals surface area contributed by atoms with Gasteiger partial charge in [-0.25, -0.2) is 9.37 Å². The topological polar surface area (TPSA) is 50.9 Å². The Balaban J connectivity index is 1.96. The Bertz CT molecular complexity index is 784. The molecule has 3 nitrogen and oxygen atoms in total. The number of nitrogens with zero attached hydrogens (tertiary/aromatic N) is 1. The maximum atomic E-state index is 13.1. The van der Waals surface area contributed by atoms with Crippen LogP contribution in [0.4, 0.5) is 21.6 Å². The van der Waals surface area contributed by atoms with Crippen molar-refractivity contribution in [2.45, 2.75) is 6.92 Å². The Kier molecular flexibility index (Phi) is 2.99. The van der Waals surface area contributed by atoms with Crippen molar-refractivity contribution in [2.75, 3.05) is 11.1 Å². The van der Waals surface area contributed by atoms with Crippen LogP contribution in [0.2, 0.25) is 0 Å². The lowest BCUT2D eigenvalue weighted by Gasteiger charge is -2.09. The number of nitrogens with two attached hydrogens (primary N) is 1. The normalized spacial score (nSPS) is 10.7. The van der Waals surface area contributed by atoms with Gasteiger partial charge in [-0.1, -0.05) is 0 Å². The van der Waals surface area contributed by atoms with Crippen LogP contribution < -0.4 is 11.1 Å². The van der Waals surface area contributed by atoms with Crippen LogP contribution >= 0.6 is 0 Å². The monoisotopic (exact) mass is 267 g/mol. The van der Waals surface area contributed by atoms with Crippen LogP contribution in [0.15, 0.2) is 48.5 Å². The number of halogens is 1. The maximum absolute atomic E-state index is 13.1. The molecule has 100 valence electrons. The van der Waals surface area contributed by atoms with Gasteiger partial charge in [-0.15, -0.1) is 0 Å². The summed E-state index contributed by atoms with van der Waals surface area (Å²) in [5, 5.41) is 4.19. The van der Waals surface area contributed by atoms with E-state index in [0.29, 0.717) is 0 Å². The average molecular weight is 267 g/mol. The van der Waals surface area contributed by atoms with Gasteiger partial charge >= 0.3 is 0 Å². The second-order valence-corrected chi connectivity index (χ2v) is 4.73. The van der Waals surface area contributed by atoms with E-state index in [9.17, 15) is 4.39 Å². The highest BCUT2D eigenvalue weighted by Gasteiger charge is 2.03. The molecule has 3 rings (SSSR count). The first-order chi connectivity index (χ1) is 9.61. The Morgan fingerprint density at radius 3 is 2.70 bits per heavy atom. The molecule has 20 heavy (non-hydrogen) atoms. The quantitative estimate of drug-likeness (QED) is 0.690. The first kappa shape index (κ1) is 12.4. The number of nitrogen functional groups attached to an aromatic ring is 1. The number of aromatic nitrogens is 1. The lowest BCUT2D eigenvalue weighted by molar-refractivity contribution is 0.627. The minimum Gasteiger partial charge on any atom is -0.399 e. The Morgan fingerprint density at radius 1 is 1.05 bits per heavy atom. The van der Waals surface area contributed by atoms with Gasteiger partial charge in [-0.05, 0) is 61.0 Å². The van der Waals surface area contributed by atoms with E-state index in [1.807, 2.05) is 37.3 Å². The fourth-order valence-electron chi connectivity index (χ4n) is 2.12. The van der Waals surface area contributed by atoms with Gasteiger partial charge in [0.2, 0.25) is 0 Å². The molecule has 4 heteroatoms. The summed E-state index contributed by atoms with van der Waals surface area (Å²) in [6, 6.07) is 14.1. The Labute approximate surface area is 116 Å². The van der Waals surface area contributed by atoms with Crippen LogP contribution in [0.3, 0.4) is 0 Å². The molecule has 0 saturated heterocycles. The highest BCUT2D eigenvalue weighted by Crippen LogP contribution is 2.23. The molecule has 0 fully saturated rings. The summed E-state index contributed by atoms with van der Waals surface area (Å²) in [6.07, 6.45) is 0. The smallest absolute Gasteiger partial charge is 0.131 e. The molecule has 0 aliphatic heterocycles. The number of anilines is 3. The van der Waals surface area contributed by atoms with Crippen LogP contribution in [0.25, 0.3) is 10.9 Å². The van der Waals surface area contributed by atoms with E-state index >= 15 is 0 Å². The third-order valence-electron chi connectivity index (χ3n) is 3.16. The molecule has 0 aliphatic rings. The molecule has 3 N–H and O–H groups in total. The number of rotatable bonds is 2. The molecule has 0 spiro atoms. The van der Waals surface area contributed by atoms with Crippen LogP contribution in [0, 0.1) is 12.7 Å². The Hall–Kier alpha value is -2.62. The molecule has 1 heterocycles. The van der Waals surface area contributed by atoms with E-state index in [2.05, 4.69) is 10.3 Å². The molecule has 0 unspecified atom stereocenters. The van der Waals surface area contributed by atoms with Gasteiger partial charge in [0.1, 0.15) is 11.6 Å². The Morgan fingerprint density at radius 2 is 1.90 bits per heavy atom. The first-order valence-electron chi connectivity index (χ1n) is 6.31. The van der Waals surface area contributed by atoms with Crippen molar-refractivity contribution in [1.29, 1.82) is 0 Å². The molecule has 0 bridgehead atoms. The van der Waals surface area contributed by atoms with Crippen molar-refractivity contribution in [1.82, 2.24) is 4.98 Å². The average Bonchev–Trinajstić information content (AvgIpc) is 2.42. The van der Waals surface area contributed by atoms with Gasteiger partial charge in [0, 0.05) is 16.8 Å². The fourth-order valence-corrected chi connectivity index (χ4v) is 2.12. The van der Waals surface area contributed by atoms with Crippen molar-refractivity contribution < 1.29 is 4.39 Å². The molecular formula is C16H14FN3. The van der Waals surface area contributed by atoms with Crippen molar-refractivity contribution >= 4 is 28.1 Å². The van der Waals surface area contributed by atoms with Gasteiger partial charge < -0.3 is 11.1 Å². The molecule has 0 amide bonds. The third-order valence-corrected chi connectivity index (χ3v) is 3.16. The predicted molar refractivity (Wildman–Crippen MR) is 80.6 cm³/mol. The number of fused-ring (bicyclic) bond motifs is 1. The molecule has 2 aromatic carbocycles. The van der Waals surface area contributed by atoms with Gasteiger partial charge in [0.05, 0.1) is 5.52 Å². The SMILES string of the molecule is Cc1cc(F)ccc1Nc1ccc2cc(N)ccc2n1. The summed E-state index contributed by atoms with van der Waals surface area (Å²) in [4.78, 5) is 4.51. The van der Waals surface area contributed by atoms with E-state index in [1.165, 1.54) is 12.1 Å². The fraction of sp³-hybridized carbons (Fsp3) is 0.0625. The summed E-state index contributed by atoms with van der Waals surface area (Å²) < 4.78 is 13.1. The molecule has 0 saturated carbocycles. The highest BCUT2D eigenvalue weighted by atomic mass is 19.1. The number of aryl methyl sites for hydroxylation is 1. The summed E-state index contributed by atoms with van der Waals surface area (Å²) in [5.74, 6) is 0.479. The standard InChI is InChI=1S/C16H14FN3/c1-10-8-12(17)3-5-14(10)19-16-7-2-11-9-13(18)4-6-15(11)20-16/h2-9H,18H2,1H3,(H,19,20).